The fourth-order valence-electron chi connectivity index (χ4n) is 2.19. The molecule has 3 aromatic rings. The summed E-state index contributed by atoms with van der Waals surface area (Å²) in [6.45, 7) is 5.51. The van der Waals surface area contributed by atoms with Crippen molar-refractivity contribution >= 4 is 17.2 Å². The van der Waals surface area contributed by atoms with E-state index in [0.29, 0.717) is 28.0 Å². The van der Waals surface area contributed by atoms with E-state index in [1.54, 1.807) is 24.4 Å². The lowest BCUT2D eigenvalue weighted by molar-refractivity contribution is 0.0939. The lowest BCUT2D eigenvalue weighted by Crippen LogP contribution is -2.30. The van der Waals surface area contributed by atoms with Crippen LogP contribution in [0.2, 0.25) is 0 Å². The molecule has 7 heteroatoms. The SMILES string of the molecule is Cc1nc(-c2ccc(F)cc2)c(-c2nc(C(=O)NC(C)C)cs2)o1. The largest absolute Gasteiger partial charge is 0.438 e. The lowest BCUT2D eigenvalue weighted by Gasteiger charge is -2.05. The number of nitrogens with zero attached hydrogens (tertiary/aromatic N) is 2. The van der Waals surface area contributed by atoms with Crippen LogP contribution in [0.4, 0.5) is 4.39 Å². The summed E-state index contributed by atoms with van der Waals surface area (Å²) in [7, 11) is 0. The number of halogens is 1. The number of carbonyl (C=O) groups is 1. The molecule has 5 nitrogen and oxygen atoms in total. The van der Waals surface area contributed by atoms with Gasteiger partial charge in [0.2, 0.25) is 0 Å². The first-order valence-corrected chi connectivity index (χ1v) is 8.32. The van der Waals surface area contributed by atoms with Gasteiger partial charge in [0.25, 0.3) is 5.91 Å². The number of hydrogen-bond acceptors (Lipinski definition) is 5. The highest BCUT2D eigenvalue weighted by Gasteiger charge is 2.20. The second-order valence-electron chi connectivity index (χ2n) is 5.58. The van der Waals surface area contributed by atoms with Crippen LogP contribution in [0, 0.1) is 12.7 Å². The van der Waals surface area contributed by atoms with Gasteiger partial charge in [-0.3, -0.25) is 4.79 Å². The quantitative estimate of drug-likeness (QED) is 0.774. The van der Waals surface area contributed by atoms with Crippen molar-refractivity contribution in [3.8, 4) is 22.0 Å². The van der Waals surface area contributed by atoms with Crippen LogP contribution in [0.1, 0.15) is 30.2 Å². The smallest absolute Gasteiger partial charge is 0.270 e. The molecule has 0 bridgehead atoms. The molecule has 1 amide bonds. The zero-order chi connectivity index (χ0) is 17.3. The number of amides is 1. The predicted octanol–water partition coefficient (Wildman–Crippen LogP) is 4.05. The first kappa shape index (κ1) is 16.3. The molecule has 0 radical (unpaired) electrons. The number of rotatable bonds is 4. The first-order valence-electron chi connectivity index (χ1n) is 7.44. The van der Waals surface area contributed by atoms with Gasteiger partial charge in [0.1, 0.15) is 17.2 Å². The Kier molecular flexibility index (Phi) is 4.44. The minimum atomic E-state index is -0.317. The number of oxazole rings is 1. The van der Waals surface area contributed by atoms with Gasteiger partial charge < -0.3 is 9.73 Å². The number of benzene rings is 1. The Morgan fingerprint density at radius 2 is 1.96 bits per heavy atom. The van der Waals surface area contributed by atoms with Gasteiger partial charge >= 0.3 is 0 Å². The molecule has 0 unspecified atom stereocenters. The molecule has 2 aromatic heterocycles. The van der Waals surface area contributed by atoms with Crippen molar-refractivity contribution in [1.82, 2.24) is 15.3 Å². The van der Waals surface area contributed by atoms with Gasteiger partial charge in [-0.05, 0) is 38.1 Å². The van der Waals surface area contributed by atoms with E-state index in [9.17, 15) is 9.18 Å². The molecule has 2 heterocycles. The average Bonchev–Trinajstić information content (AvgIpc) is 3.14. The maximum Gasteiger partial charge on any atom is 0.270 e. The molecule has 0 saturated heterocycles. The molecule has 0 aliphatic heterocycles. The van der Waals surface area contributed by atoms with Gasteiger partial charge in [-0.1, -0.05) is 0 Å². The summed E-state index contributed by atoms with van der Waals surface area (Å²) in [6.07, 6.45) is 0. The second kappa shape index (κ2) is 6.52. The van der Waals surface area contributed by atoms with Crippen LogP contribution in [-0.2, 0) is 0 Å². The van der Waals surface area contributed by atoms with Crippen LogP contribution in [0.15, 0.2) is 34.1 Å². The lowest BCUT2D eigenvalue weighted by atomic mass is 10.1. The summed E-state index contributed by atoms with van der Waals surface area (Å²) in [5, 5.41) is 5.04. The third-order valence-electron chi connectivity index (χ3n) is 3.20. The maximum absolute atomic E-state index is 13.1. The fraction of sp³-hybridized carbons (Fsp3) is 0.235. The van der Waals surface area contributed by atoms with Crippen molar-refractivity contribution in [3.05, 3.63) is 47.0 Å². The monoisotopic (exact) mass is 345 g/mol. The molecule has 0 aliphatic rings. The molecule has 0 aliphatic carbocycles. The third kappa shape index (κ3) is 3.35. The molecule has 0 fully saturated rings. The van der Waals surface area contributed by atoms with Crippen LogP contribution < -0.4 is 5.32 Å². The van der Waals surface area contributed by atoms with E-state index >= 15 is 0 Å². The number of hydrogen-bond donors (Lipinski definition) is 1. The van der Waals surface area contributed by atoms with E-state index < -0.39 is 0 Å². The standard InChI is InChI=1S/C17H16FN3O2S/c1-9(2)19-16(22)13-8-24-17(21-13)15-14(20-10(3)23-15)11-4-6-12(18)7-5-11/h4-9H,1-3H3,(H,19,22). The van der Waals surface area contributed by atoms with Crippen LogP contribution in [0.25, 0.3) is 22.0 Å². The number of carbonyl (C=O) groups excluding carboxylic acids is 1. The Morgan fingerprint density at radius 3 is 2.62 bits per heavy atom. The van der Waals surface area contributed by atoms with E-state index in [1.165, 1.54) is 23.5 Å². The summed E-state index contributed by atoms with van der Waals surface area (Å²) in [5.74, 6) is 0.412. The Hall–Kier alpha value is -2.54. The summed E-state index contributed by atoms with van der Waals surface area (Å²) in [6, 6.07) is 6.04. The Bertz CT molecular complexity index is 868. The zero-order valence-corrected chi connectivity index (χ0v) is 14.3. The predicted molar refractivity (Wildman–Crippen MR) is 90.3 cm³/mol. The number of thiazole rings is 1. The molecule has 124 valence electrons. The van der Waals surface area contributed by atoms with Crippen LogP contribution in [0.5, 0.6) is 0 Å². The van der Waals surface area contributed by atoms with Gasteiger partial charge in [0.15, 0.2) is 16.7 Å². The first-order chi connectivity index (χ1) is 11.4. The van der Waals surface area contributed by atoms with E-state index in [-0.39, 0.29) is 17.8 Å². The number of nitrogens with one attached hydrogen (secondary N) is 1. The van der Waals surface area contributed by atoms with E-state index in [0.717, 1.165) is 5.56 Å². The topological polar surface area (TPSA) is 68.0 Å². The van der Waals surface area contributed by atoms with Crippen molar-refractivity contribution in [2.45, 2.75) is 26.8 Å². The molecular formula is C17H16FN3O2S. The van der Waals surface area contributed by atoms with Crippen molar-refractivity contribution in [3.63, 3.8) is 0 Å². The molecule has 1 N–H and O–H groups in total. The Morgan fingerprint density at radius 1 is 1.25 bits per heavy atom. The van der Waals surface area contributed by atoms with Gasteiger partial charge in [-0.15, -0.1) is 11.3 Å². The minimum absolute atomic E-state index is 0.0324. The molecule has 0 atom stereocenters. The van der Waals surface area contributed by atoms with E-state index in [4.69, 9.17) is 4.42 Å². The maximum atomic E-state index is 13.1. The molecule has 0 spiro atoms. The van der Waals surface area contributed by atoms with Gasteiger partial charge in [0.05, 0.1) is 0 Å². The average molecular weight is 345 g/mol. The number of aromatic nitrogens is 2. The summed E-state index contributed by atoms with van der Waals surface area (Å²) < 4.78 is 18.8. The van der Waals surface area contributed by atoms with Gasteiger partial charge in [-0.2, -0.15) is 0 Å². The molecule has 1 aromatic carbocycles. The zero-order valence-electron chi connectivity index (χ0n) is 13.5. The van der Waals surface area contributed by atoms with E-state index in [1.807, 2.05) is 13.8 Å². The van der Waals surface area contributed by atoms with Crippen LogP contribution in [0.3, 0.4) is 0 Å². The van der Waals surface area contributed by atoms with E-state index in [2.05, 4.69) is 15.3 Å². The molecule has 24 heavy (non-hydrogen) atoms. The van der Waals surface area contributed by atoms with Crippen molar-refractivity contribution in [1.29, 1.82) is 0 Å². The fourth-order valence-corrected chi connectivity index (χ4v) is 2.97. The highest BCUT2D eigenvalue weighted by atomic mass is 32.1. The molecule has 0 saturated carbocycles. The van der Waals surface area contributed by atoms with Gasteiger partial charge in [-0.25, -0.2) is 14.4 Å². The van der Waals surface area contributed by atoms with Crippen molar-refractivity contribution in [2.24, 2.45) is 0 Å². The third-order valence-corrected chi connectivity index (χ3v) is 4.04. The summed E-state index contributed by atoms with van der Waals surface area (Å²) in [5.41, 5.74) is 1.65. The Labute approximate surface area is 142 Å². The van der Waals surface area contributed by atoms with Crippen LogP contribution in [-0.4, -0.2) is 21.9 Å². The molecular weight excluding hydrogens is 329 g/mol. The summed E-state index contributed by atoms with van der Waals surface area (Å²) in [4.78, 5) is 20.8. The highest BCUT2D eigenvalue weighted by molar-refractivity contribution is 7.13. The van der Waals surface area contributed by atoms with Crippen molar-refractivity contribution in [2.75, 3.05) is 0 Å². The number of aryl methyl sites for hydroxylation is 1. The summed E-state index contributed by atoms with van der Waals surface area (Å²) >= 11 is 1.30. The molecule has 3 rings (SSSR count). The van der Waals surface area contributed by atoms with Crippen LogP contribution >= 0.6 is 11.3 Å². The second-order valence-corrected chi connectivity index (χ2v) is 6.44. The Balaban J connectivity index is 1.97. The normalized spacial score (nSPS) is 11.0. The van der Waals surface area contributed by atoms with Crippen molar-refractivity contribution < 1.29 is 13.6 Å². The minimum Gasteiger partial charge on any atom is -0.438 e. The van der Waals surface area contributed by atoms with Gasteiger partial charge in [0, 0.05) is 23.9 Å². The highest BCUT2D eigenvalue weighted by Crippen LogP contribution is 2.34.